The molecule has 0 spiro atoms. The van der Waals surface area contributed by atoms with Crippen molar-refractivity contribution in [2.24, 2.45) is 5.92 Å². The molecule has 0 N–H and O–H groups in total. The third-order valence-corrected chi connectivity index (χ3v) is 4.41. The summed E-state index contributed by atoms with van der Waals surface area (Å²) in [6, 6.07) is 7.54. The van der Waals surface area contributed by atoms with E-state index < -0.39 is 0 Å². The normalized spacial score (nSPS) is 15.8. The Morgan fingerprint density at radius 1 is 1.26 bits per heavy atom. The number of aromatic nitrogens is 1. The van der Waals surface area contributed by atoms with Crippen molar-refractivity contribution in [1.29, 1.82) is 0 Å². The number of para-hydroxylation sites is 1. The number of benzene rings is 1. The topological polar surface area (TPSA) is 66.7 Å². The largest absolute Gasteiger partial charge is 0.356 e. The molecule has 1 aromatic heterocycles. The zero-order valence-electron chi connectivity index (χ0n) is 13.5. The smallest absolute Gasteiger partial charge is 0.228 e. The van der Waals surface area contributed by atoms with Gasteiger partial charge in [-0.3, -0.25) is 9.59 Å². The van der Waals surface area contributed by atoms with Crippen molar-refractivity contribution in [1.82, 2.24) is 15.0 Å². The maximum absolute atomic E-state index is 12.5. The molecule has 2 amide bonds. The fourth-order valence-corrected chi connectivity index (χ4v) is 3.06. The first-order valence-electron chi connectivity index (χ1n) is 7.88. The second kappa shape index (κ2) is 6.40. The third kappa shape index (κ3) is 3.21. The first-order valence-corrected chi connectivity index (χ1v) is 7.88. The van der Waals surface area contributed by atoms with Gasteiger partial charge in [0.1, 0.15) is 5.69 Å². The maximum atomic E-state index is 12.5. The van der Waals surface area contributed by atoms with Crippen molar-refractivity contribution < 1.29 is 14.1 Å². The summed E-state index contributed by atoms with van der Waals surface area (Å²) >= 11 is 0. The van der Waals surface area contributed by atoms with Crippen molar-refractivity contribution >= 4 is 22.8 Å². The molecular weight excluding hydrogens is 294 g/mol. The zero-order valence-corrected chi connectivity index (χ0v) is 13.5. The van der Waals surface area contributed by atoms with Gasteiger partial charge in [-0.2, -0.15) is 0 Å². The number of fused-ring (bicyclic) bond motifs is 1. The average Bonchev–Trinajstić information content (AvgIpc) is 2.97. The minimum Gasteiger partial charge on any atom is -0.356 e. The van der Waals surface area contributed by atoms with Crippen LogP contribution < -0.4 is 0 Å². The Morgan fingerprint density at radius 3 is 2.65 bits per heavy atom. The minimum atomic E-state index is 0.0296. The van der Waals surface area contributed by atoms with Gasteiger partial charge in [-0.15, -0.1) is 0 Å². The molecule has 1 fully saturated rings. The molecule has 0 saturated carbocycles. The Morgan fingerprint density at radius 2 is 1.96 bits per heavy atom. The lowest BCUT2D eigenvalue weighted by Crippen LogP contribution is -2.43. The van der Waals surface area contributed by atoms with E-state index in [0.717, 1.165) is 18.2 Å². The van der Waals surface area contributed by atoms with Gasteiger partial charge < -0.3 is 14.3 Å². The Labute approximate surface area is 135 Å². The Balaban J connectivity index is 1.61. The summed E-state index contributed by atoms with van der Waals surface area (Å²) in [5.41, 5.74) is 1.38. The summed E-state index contributed by atoms with van der Waals surface area (Å²) in [5, 5.41) is 4.90. The number of likely N-dealkylation sites (tertiary alicyclic amines) is 1. The van der Waals surface area contributed by atoms with E-state index in [2.05, 4.69) is 5.16 Å². The fraction of sp³-hybridized carbons (Fsp3) is 0.471. The molecule has 6 nitrogen and oxygen atoms in total. The summed E-state index contributed by atoms with van der Waals surface area (Å²) in [6.07, 6.45) is 1.69. The van der Waals surface area contributed by atoms with Crippen LogP contribution in [0.3, 0.4) is 0 Å². The van der Waals surface area contributed by atoms with Gasteiger partial charge in [-0.1, -0.05) is 17.3 Å². The van der Waals surface area contributed by atoms with Crippen LogP contribution in [-0.2, 0) is 16.0 Å². The standard InChI is InChI=1S/C17H21N3O3/c1-19(2)17(22)12-7-9-20(10-8-12)16(21)11-14-13-5-3-4-6-15(13)23-18-14/h3-6,12H,7-11H2,1-2H3. The van der Waals surface area contributed by atoms with Crippen LogP contribution in [0.25, 0.3) is 11.0 Å². The fourth-order valence-electron chi connectivity index (χ4n) is 3.06. The van der Waals surface area contributed by atoms with Crippen LogP contribution in [0.5, 0.6) is 0 Å². The van der Waals surface area contributed by atoms with Gasteiger partial charge in [0.05, 0.1) is 6.42 Å². The molecular formula is C17H21N3O3. The van der Waals surface area contributed by atoms with Gasteiger partial charge in [-0.05, 0) is 25.0 Å². The Bertz CT molecular complexity index is 715. The number of piperidine rings is 1. The minimum absolute atomic E-state index is 0.0296. The first kappa shape index (κ1) is 15.5. The highest BCUT2D eigenvalue weighted by atomic mass is 16.5. The van der Waals surface area contributed by atoms with Crippen LogP contribution in [0, 0.1) is 5.92 Å². The number of nitrogens with zero attached hydrogens (tertiary/aromatic N) is 3. The highest BCUT2D eigenvalue weighted by molar-refractivity contribution is 5.86. The molecule has 1 aromatic carbocycles. The quantitative estimate of drug-likeness (QED) is 0.864. The number of hydrogen-bond donors (Lipinski definition) is 0. The molecule has 0 unspecified atom stereocenters. The van der Waals surface area contributed by atoms with Crippen LogP contribution in [0.1, 0.15) is 18.5 Å². The number of carbonyl (C=O) groups excluding carboxylic acids is 2. The van der Waals surface area contributed by atoms with Crippen molar-refractivity contribution in [2.75, 3.05) is 27.2 Å². The maximum Gasteiger partial charge on any atom is 0.228 e. The van der Waals surface area contributed by atoms with E-state index in [1.807, 2.05) is 29.2 Å². The van der Waals surface area contributed by atoms with Crippen LogP contribution in [0.15, 0.2) is 28.8 Å². The van der Waals surface area contributed by atoms with Gasteiger partial charge in [0.2, 0.25) is 11.8 Å². The molecule has 0 radical (unpaired) electrons. The molecule has 0 aliphatic carbocycles. The van der Waals surface area contributed by atoms with Crippen LogP contribution in [0.4, 0.5) is 0 Å². The van der Waals surface area contributed by atoms with Crippen molar-refractivity contribution in [3.63, 3.8) is 0 Å². The summed E-state index contributed by atoms with van der Waals surface area (Å²) in [7, 11) is 3.55. The van der Waals surface area contributed by atoms with Crippen LogP contribution in [0.2, 0.25) is 0 Å². The van der Waals surface area contributed by atoms with E-state index in [-0.39, 0.29) is 24.2 Å². The Kier molecular flexibility index (Phi) is 4.32. The molecule has 23 heavy (non-hydrogen) atoms. The molecule has 2 aromatic rings. The van der Waals surface area contributed by atoms with E-state index in [4.69, 9.17) is 4.52 Å². The summed E-state index contributed by atoms with van der Waals surface area (Å²) in [4.78, 5) is 27.9. The summed E-state index contributed by atoms with van der Waals surface area (Å²) in [6.45, 7) is 1.25. The zero-order chi connectivity index (χ0) is 16.4. The number of hydrogen-bond acceptors (Lipinski definition) is 4. The predicted octanol–water partition coefficient (Wildman–Crippen LogP) is 1.70. The number of amides is 2. The second-order valence-electron chi connectivity index (χ2n) is 6.19. The van der Waals surface area contributed by atoms with E-state index in [1.165, 1.54) is 0 Å². The van der Waals surface area contributed by atoms with Crippen molar-refractivity contribution in [3.8, 4) is 0 Å². The number of carbonyl (C=O) groups is 2. The highest BCUT2D eigenvalue weighted by Crippen LogP contribution is 2.22. The van der Waals surface area contributed by atoms with Gasteiger partial charge in [-0.25, -0.2) is 0 Å². The van der Waals surface area contributed by atoms with Gasteiger partial charge in [0.15, 0.2) is 5.58 Å². The summed E-state index contributed by atoms with van der Waals surface area (Å²) in [5.74, 6) is 0.223. The second-order valence-corrected chi connectivity index (χ2v) is 6.19. The van der Waals surface area contributed by atoms with Crippen LogP contribution in [-0.4, -0.2) is 54.0 Å². The molecule has 122 valence electrons. The predicted molar refractivity (Wildman–Crippen MR) is 85.7 cm³/mol. The van der Waals surface area contributed by atoms with E-state index >= 15 is 0 Å². The Hall–Kier alpha value is -2.37. The monoisotopic (exact) mass is 315 g/mol. The molecule has 1 aliphatic rings. The van der Waals surface area contributed by atoms with Crippen molar-refractivity contribution in [3.05, 3.63) is 30.0 Å². The molecule has 0 atom stereocenters. The molecule has 2 heterocycles. The lowest BCUT2D eigenvalue weighted by molar-refractivity contribution is -0.138. The first-order chi connectivity index (χ1) is 11.1. The number of rotatable bonds is 3. The van der Waals surface area contributed by atoms with Crippen molar-refractivity contribution in [2.45, 2.75) is 19.3 Å². The van der Waals surface area contributed by atoms with E-state index in [0.29, 0.717) is 24.4 Å². The highest BCUT2D eigenvalue weighted by Gasteiger charge is 2.28. The molecule has 3 rings (SSSR count). The lowest BCUT2D eigenvalue weighted by atomic mass is 9.95. The van der Waals surface area contributed by atoms with E-state index in [1.54, 1.807) is 19.0 Å². The van der Waals surface area contributed by atoms with E-state index in [9.17, 15) is 9.59 Å². The lowest BCUT2D eigenvalue weighted by Gasteiger charge is -2.32. The van der Waals surface area contributed by atoms with Gasteiger partial charge in [0.25, 0.3) is 0 Å². The van der Waals surface area contributed by atoms with Gasteiger partial charge in [0, 0.05) is 38.5 Å². The van der Waals surface area contributed by atoms with Gasteiger partial charge >= 0.3 is 0 Å². The molecule has 6 heteroatoms. The summed E-state index contributed by atoms with van der Waals surface area (Å²) < 4.78 is 5.24. The molecule has 1 saturated heterocycles. The average molecular weight is 315 g/mol. The molecule has 0 bridgehead atoms. The van der Waals surface area contributed by atoms with Crippen LogP contribution >= 0.6 is 0 Å². The third-order valence-electron chi connectivity index (χ3n) is 4.41. The SMILES string of the molecule is CN(C)C(=O)C1CCN(C(=O)Cc2noc3ccccc23)CC1. The molecule has 1 aliphatic heterocycles.